The number of hydrogen-bond acceptors (Lipinski definition) is 6. The Morgan fingerprint density at radius 2 is 1.94 bits per heavy atom. The molecule has 0 aliphatic carbocycles. The third kappa shape index (κ3) is 8.48. The highest BCUT2D eigenvalue weighted by Gasteiger charge is 2.15. The highest BCUT2D eigenvalue weighted by atomic mass is 16.5. The molecule has 1 aliphatic rings. The molecule has 6 heteroatoms. The zero-order chi connectivity index (χ0) is 21.7. The summed E-state index contributed by atoms with van der Waals surface area (Å²) >= 11 is 0. The van der Waals surface area contributed by atoms with Crippen LogP contribution in [0.1, 0.15) is 43.2 Å². The van der Waals surface area contributed by atoms with Crippen LogP contribution >= 0.6 is 0 Å². The molecule has 6 nitrogen and oxygen atoms in total. The van der Waals surface area contributed by atoms with Gasteiger partial charge in [-0.3, -0.25) is 4.98 Å². The van der Waals surface area contributed by atoms with E-state index in [9.17, 15) is 5.11 Å². The van der Waals surface area contributed by atoms with Gasteiger partial charge >= 0.3 is 0 Å². The van der Waals surface area contributed by atoms with Crippen molar-refractivity contribution in [2.75, 3.05) is 39.9 Å². The number of aliphatic hydroxyl groups excluding tert-OH is 1. The molecule has 2 heterocycles. The van der Waals surface area contributed by atoms with Crippen molar-refractivity contribution < 1.29 is 14.6 Å². The highest BCUT2D eigenvalue weighted by Crippen LogP contribution is 2.25. The Morgan fingerprint density at radius 1 is 1.13 bits per heavy atom. The Kier molecular flexibility index (Phi) is 10.1. The van der Waals surface area contributed by atoms with Gasteiger partial charge in [-0.15, -0.1) is 0 Å². The third-order valence-electron chi connectivity index (χ3n) is 5.75. The lowest BCUT2D eigenvalue weighted by Gasteiger charge is -2.27. The van der Waals surface area contributed by atoms with Gasteiger partial charge in [0.15, 0.2) is 0 Å². The fourth-order valence-electron chi connectivity index (χ4n) is 3.98. The SMILES string of the molecule is COc1ccc(CNCCc2cccnc2)c(OCC(O)CN2CCCCCCC2)c1. The summed E-state index contributed by atoms with van der Waals surface area (Å²) in [5, 5.41) is 14.0. The van der Waals surface area contributed by atoms with Crippen molar-refractivity contribution in [3.63, 3.8) is 0 Å². The predicted molar refractivity (Wildman–Crippen MR) is 124 cm³/mol. The molecule has 0 amide bonds. The zero-order valence-corrected chi connectivity index (χ0v) is 18.8. The van der Waals surface area contributed by atoms with E-state index in [2.05, 4.69) is 21.3 Å². The van der Waals surface area contributed by atoms with Gasteiger partial charge in [0, 0.05) is 37.1 Å². The summed E-state index contributed by atoms with van der Waals surface area (Å²) in [5.41, 5.74) is 2.28. The van der Waals surface area contributed by atoms with Crippen LogP contribution in [-0.4, -0.2) is 61.0 Å². The quantitative estimate of drug-likeness (QED) is 0.536. The monoisotopic (exact) mass is 427 g/mol. The summed E-state index contributed by atoms with van der Waals surface area (Å²) < 4.78 is 11.4. The Labute approximate surface area is 186 Å². The van der Waals surface area contributed by atoms with Crippen LogP contribution in [-0.2, 0) is 13.0 Å². The summed E-state index contributed by atoms with van der Waals surface area (Å²) in [7, 11) is 1.65. The Hall–Kier alpha value is -2.15. The Bertz CT molecular complexity index is 749. The van der Waals surface area contributed by atoms with E-state index >= 15 is 0 Å². The van der Waals surface area contributed by atoms with Gasteiger partial charge in [-0.25, -0.2) is 0 Å². The van der Waals surface area contributed by atoms with Gasteiger partial charge in [0.2, 0.25) is 0 Å². The number of hydrogen-bond donors (Lipinski definition) is 2. The smallest absolute Gasteiger partial charge is 0.127 e. The van der Waals surface area contributed by atoms with Crippen LogP contribution < -0.4 is 14.8 Å². The number of aliphatic hydroxyl groups is 1. The molecule has 1 aromatic heterocycles. The first-order valence-corrected chi connectivity index (χ1v) is 11.5. The van der Waals surface area contributed by atoms with Crippen molar-refractivity contribution in [3.05, 3.63) is 53.9 Å². The van der Waals surface area contributed by atoms with E-state index in [0.29, 0.717) is 13.1 Å². The largest absolute Gasteiger partial charge is 0.497 e. The van der Waals surface area contributed by atoms with Crippen molar-refractivity contribution in [1.82, 2.24) is 15.2 Å². The van der Waals surface area contributed by atoms with Crippen LogP contribution in [0.5, 0.6) is 11.5 Å². The molecule has 0 bridgehead atoms. The van der Waals surface area contributed by atoms with Gasteiger partial charge in [-0.05, 0) is 56.6 Å². The first kappa shape index (κ1) is 23.5. The summed E-state index contributed by atoms with van der Waals surface area (Å²) in [5.74, 6) is 1.52. The number of nitrogens with one attached hydrogen (secondary N) is 1. The number of nitrogens with zero attached hydrogens (tertiary/aromatic N) is 2. The second kappa shape index (κ2) is 13.3. The van der Waals surface area contributed by atoms with E-state index in [1.807, 2.05) is 30.5 Å². The van der Waals surface area contributed by atoms with Gasteiger partial charge in [0.25, 0.3) is 0 Å². The maximum absolute atomic E-state index is 10.6. The standard InChI is InChI=1S/C25H37N3O3/c1-30-24-10-9-22(18-27-13-11-21-8-7-12-26-17-21)25(16-24)31-20-23(29)19-28-14-5-3-2-4-6-15-28/h7-10,12,16-17,23,27,29H,2-6,11,13-15,18-20H2,1H3. The molecule has 0 saturated carbocycles. The normalized spacial score (nSPS) is 16.3. The van der Waals surface area contributed by atoms with Crippen molar-refractivity contribution in [2.24, 2.45) is 0 Å². The predicted octanol–water partition coefficient (Wildman–Crippen LogP) is 3.43. The van der Waals surface area contributed by atoms with Crippen LogP contribution in [0.3, 0.4) is 0 Å². The summed E-state index contributed by atoms with van der Waals surface area (Å²) in [6.07, 6.45) is 10.5. The van der Waals surface area contributed by atoms with Crippen molar-refractivity contribution >= 4 is 0 Å². The molecular weight excluding hydrogens is 390 g/mol. The number of benzene rings is 1. The summed E-state index contributed by atoms with van der Waals surface area (Å²) in [6.45, 7) is 4.65. The second-order valence-corrected chi connectivity index (χ2v) is 8.29. The number of pyridine rings is 1. The van der Waals surface area contributed by atoms with Crippen LogP contribution in [0.15, 0.2) is 42.7 Å². The number of methoxy groups -OCH3 is 1. The minimum Gasteiger partial charge on any atom is -0.497 e. The molecular formula is C25H37N3O3. The van der Waals surface area contributed by atoms with Crippen molar-refractivity contribution in [3.8, 4) is 11.5 Å². The van der Waals surface area contributed by atoms with Crippen LogP contribution in [0.4, 0.5) is 0 Å². The van der Waals surface area contributed by atoms with E-state index in [4.69, 9.17) is 9.47 Å². The molecule has 170 valence electrons. The lowest BCUT2D eigenvalue weighted by molar-refractivity contribution is 0.0650. The average Bonchev–Trinajstić information content (AvgIpc) is 2.78. The van der Waals surface area contributed by atoms with Gasteiger partial charge in [-0.1, -0.05) is 31.4 Å². The van der Waals surface area contributed by atoms with Gasteiger partial charge in [0.05, 0.1) is 7.11 Å². The molecule has 1 unspecified atom stereocenters. The molecule has 1 aromatic carbocycles. The van der Waals surface area contributed by atoms with Crippen LogP contribution in [0.2, 0.25) is 0 Å². The van der Waals surface area contributed by atoms with Gasteiger partial charge < -0.3 is 24.8 Å². The highest BCUT2D eigenvalue weighted by molar-refractivity contribution is 5.40. The topological polar surface area (TPSA) is 66.8 Å². The van der Waals surface area contributed by atoms with Crippen LogP contribution in [0, 0.1) is 0 Å². The number of β-amino-alcohol motifs (C(OH)–C–C–N with tert-alkyl or cyclic N) is 1. The maximum atomic E-state index is 10.6. The minimum atomic E-state index is -0.503. The Balaban J connectivity index is 1.48. The van der Waals surface area contributed by atoms with E-state index in [0.717, 1.165) is 43.1 Å². The molecule has 1 atom stereocenters. The van der Waals surface area contributed by atoms with Crippen molar-refractivity contribution in [2.45, 2.75) is 51.2 Å². The maximum Gasteiger partial charge on any atom is 0.127 e. The van der Waals surface area contributed by atoms with Gasteiger partial charge in [-0.2, -0.15) is 0 Å². The first-order chi connectivity index (χ1) is 15.2. The second-order valence-electron chi connectivity index (χ2n) is 8.29. The fraction of sp³-hybridized carbons (Fsp3) is 0.560. The summed E-state index contributed by atoms with van der Waals surface area (Å²) in [6, 6.07) is 9.92. The summed E-state index contributed by atoms with van der Waals surface area (Å²) in [4.78, 5) is 6.53. The molecule has 0 radical (unpaired) electrons. The van der Waals surface area contributed by atoms with Crippen molar-refractivity contribution in [1.29, 1.82) is 0 Å². The number of likely N-dealkylation sites (tertiary alicyclic amines) is 1. The first-order valence-electron chi connectivity index (χ1n) is 11.5. The molecule has 2 N–H and O–H groups in total. The molecule has 3 rings (SSSR count). The molecule has 1 aliphatic heterocycles. The molecule has 2 aromatic rings. The van der Waals surface area contributed by atoms with E-state index in [1.165, 1.54) is 37.7 Å². The number of aromatic nitrogens is 1. The fourth-order valence-corrected chi connectivity index (χ4v) is 3.98. The van der Waals surface area contributed by atoms with E-state index in [-0.39, 0.29) is 6.61 Å². The molecule has 31 heavy (non-hydrogen) atoms. The van der Waals surface area contributed by atoms with Gasteiger partial charge in [0.1, 0.15) is 24.2 Å². The lowest BCUT2D eigenvalue weighted by atomic mass is 10.1. The number of ether oxygens (including phenoxy) is 2. The molecule has 1 saturated heterocycles. The average molecular weight is 428 g/mol. The number of rotatable bonds is 11. The lowest BCUT2D eigenvalue weighted by Crippen LogP contribution is -2.37. The molecule has 1 fully saturated rings. The van der Waals surface area contributed by atoms with E-state index < -0.39 is 6.10 Å². The third-order valence-corrected chi connectivity index (χ3v) is 5.75. The Morgan fingerprint density at radius 3 is 2.68 bits per heavy atom. The zero-order valence-electron chi connectivity index (χ0n) is 18.8. The molecule has 0 spiro atoms. The minimum absolute atomic E-state index is 0.284. The van der Waals surface area contributed by atoms with E-state index in [1.54, 1.807) is 13.3 Å². The van der Waals surface area contributed by atoms with Crippen LogP contribution in [0.25, 0.3) is 0 Å².